The molecule has 1 heterocycles. The Balaban J connectivity index is 2.39. The smallest absolute Gasteiger partial charge is 0.114 e. The first kappa shape index (κ1) is 6.02. The number of hydrogen-bond donors (Lipinski definition) is 0. The van der Waals surface area contributed by atoms with E-state index in [0.717, 1.165) is 6.42 Å². The number of hydrogen-bond acceptors (Lipinski definition) is 1. The van der Waals surface area contributed by atoms with Gasteiger partial charge in [0.1, 0.15) is 6.17 Å². The summed E-state index contributed by atoms with van der Waals surface area (Å²) in [5, 5.41) is 0. The summed E-state index contributed by atoms with van der Waals surface area (Å²) in [6.07, 6.45) is 0.145. The fraction of sp³-hybridized carbons (Fsp3) is 1.00. The summed E-state index contributed by atoms with van der Waals surface area (Å²) in [5.41, 5.74) is 0. The maximum atomic E-state index is 12.4. The lowest BCUT2D eigenvalue weighted by Gasteiger charge is -2.11. The lowest BCUT2D eigenvalue weighted by molar-refractivity contribution is 0.303. The highest BCUT2D eigenvalue weighted by Crippen LogP contribution is 2.16. The van der Waals surface area contributed by atoms with Gasteiger partial charge in [-0.05, 0) is 20.4 Å². The maximum Gasteiger partial charge on any atom is 0.114 e. The molecular formula is C6H12FN. The topological polar surface area (TPSA) is 3.24 Å². The first-order valence-electron chi connectivity index (χ1n) is 3.04. The van der Waals surface area contributed by atoms with Crippen molar-refractivity contribution in [1.29, 1.82) is 0 Å². The van der Waals surface area contributed by atoms with Gasteiger partial charge in [0.25, 0.3) is 0 Å². The van der Waals surface area contributed by atoms with Gasteiger partial charge in [0.15, 0.2) is 0 Å². The zero-order valence-corrected chi connectivity index (χ0v) is 5.39. The predicted octanol–water partition coefficient (Wildman–Crippen LogP) is 1.05. The Morgan fingerprint density at radius 1 is 1.62 bits per heavy atom. The monoisotopic (exact) mass is 117 g/mol. The van der Waals surface area contributed by atoms with E-state index in [-0.39, 0.29) is 0 Å². The largest absolute Gasteiger partial charge is 0.301 e. The van der Waals surface area contributed by atoms with Gasteiger partial charge < -0.3 is 4.90 Å². The minimum Gasteiger partial charge on any atom is -0.301 e. The van der Waals surface area contributed by atoms with E-state index in [1.54, 1.807) is 0 Å². The molecule has 1 saturated heterocycles. The molecule has 8 heavy (non-hydrogen) atoms. The number of rotatable bonds is 0. The molecule has 0 aromatic rings. The average molecular weight is 117 g/mol. The van der Waals surface area contributed by atoms with Gasteiger partial charge in [0, 0.05) is 12.6 Å². The summed E-state index contributed by atoms with van der Waals surface area (Å²) in [4.78, 5) is 2.05. The molecule has 0 aliphatic carbocycles. The van der Waals surface area contributed by atoms with Gasteiger partial charge in [-0.25, -0.2) is 4.39 Å². The fourth-order valence-electron chi connectivity index (χ4n) is 1.12. The van der Waals surface area contributed by atoms with Crippen LogP contribution in [0.2, 0.25) is 0 Å². The van der Waals surface area contributed by atoms with Crippen molar-refractivity contribution in [2.75, 3.05) is 13.6 Å². The lowest BCUT2D eigenvalue weighted by atomic mass is 10.2. The normalized spacial score (nSPS) is 40.9. The molecule has 0 saturated carbocycles. The van der Waals surface area contributed by atoms with Gasteiger partial charge in [-0.3, -0.25) is 0 Å². The highest BCUT2D eigenvalue weighted by molar-refractivity contribution is 4.79. The fourth-order valence-corrected chi connectivity index (χ4v) is 1.12. The molecule has 0 amide bonds. The Kier molecular flexibility index (Phi) is 1.52. The third-order valence-electron chi connectivity index (χ3n) is 1.84. The van der Waals surface area contributed by atoms with Crippen LogP contribution in [0.3, 0.4) is 0 Å². The van der Waals surface area contributed by atoms with Crippen molar-refractivity contribution < 1.29 is 4.39 Å². The molecule has 1 aliphatic rings. The second-order valence-corrected chi connectivity index (χ2v) is 2.62. The van der Waals surface area contributed by atoms with E-state index in [1.165, 1.54) is 0 Å². The summed E-state index contributed by atoms with van der Waals surface area (Å²) in [5.74, 6) is 0. The number of likely N-dealkylation sites (tertiary alicyclic amines) is 1. The van der Waals surface area contributed by atoms with E-state index in [4.69, 9.17) is 0 Å². The zero-order valence-electron chi connectivity index (χ0n) is 5.39. The van der Waals surface area contributed by atoms with Crippen LogP contribution in [0.4, 0.5) is 4.39 Å². The van der Waals surface area contributed by atoms with Crippen LogP contribution in [0.15, 0.2) is 0 Å². The molecule has 2 heteroatoms. The molecule has 0 spiro atoms. The van der Waals surface area contributed by atoms with E-state index in [0.29, 0.717) is 12.6 Å². The minimum absolute atomic E-state index is 0.449. The predicted molar refractivity (Wildman–Crippen MR) is 31.6 cm³/mol. The lowest BCUT2D eigenvalue weighted by Crippen LogP contribution is -2.21. The van der Waals surface area contributed by atoms with Crippen LogP contribution in [0.5, 0.6) is 0 Å². The van der Waals surface area contributed by atoms with Crippen molar-refractivity contribution in [2.24, 2.45) is 0 Å². The Morgan fingerprint density at radius 2 is 2.25 bits per heavy atom. The standard InChI is InChI=1S/C6H12FN/c1-5-3-6(7)4-8(5)2/h5-6H,3-4H2,1-2H3/t5-,6+/m0/s1. The van der Waals surface area contributed by atoms with E-state index >= 15 is 0 Å². The Labute approximate surface area is 49.5 Å². The third-order valence-corrected chi connectivity index (χ3v) is 1.84. The van der Waals surface area contributed by atoms with E-state index in [9.17, 15) is 4.39 Å². The van der Waals surface area contributed by atoms with E-state index in [2.05, 4.69) is 6.92 Å². The molecule has 0 bridgehead atoms. The van der Waals surface area contributed by atoms with E-state index < -0.39 is 6.17 Å². The Morgan fingerprint density at radius 3 is 2.38 bits per heavy atom. The molecule has 1 aliphatic heterocycles. The quantitative estimate of drug-likeness (QED) is 0.458. The van der Waals surface area contributed by atoms with Crippen LogP contribution in [0.25, 0.3) is 0 Å². The van der Waals surface area contributed by atoms with Crippen LogP contribution in [-0.2, 0) is 0 Å². The van der Waals surface area contributed by atoms with Crippen molar-refractivity contribution in [3.8, 4) is 0 Å². The molecule has 48 valence electrons. The van der Waals surface area contributed by atoms with Gasteiger partial charge in [0.05, 0.1) is 0 Å². The summed E-state index contributed by atoms with van der Waals surface area (Å²) in [6.45, 7) is 2.68. The first-order valence-corrected chi connectivity index (χ1v) is 3.04. The average Bonchev–Trinajstić information content (AvgIpc) is 1.85. The number of nitrogens with zero attached hydrogens (tertiary/aromatic N) is 1. The van der Waals surface area contributed by atoms with Crippen molar-refractivity contribution in [3.05, 3.63) is 0 Å². The molecule has 2 atom stereocenters. The summed E-state index contributed by atoms with van der Waals surface area (Å²) < 4.78 is 12.4. The van der Waals surface area contributed by atoms with Crippen molar-refractivity contribution >= 4 is 0 Å². The highest BCUT2D eigenvalue weighted by atomic mass is 19.1. The second kappa shape index (κ2) is 2.02. The third kappa shape index (κ3) is 0.996. The number of halogens is 1. The van der Waals surface area contributed by atoms with Gasteiger partial charge >= 0.3 is 0 Å². The minimum atomic E-state index is -0.574. The van der Waals surface area contributed by atoms with Crippen LogP contribution >= 0.6 is 0 Å². The Hall–Kier alpha value is -0.110. The molecule has 0 aromatic carbocycles. The SMILES string of the molecule is C[C@H]1C[C@@H](F)CN1C. The first-order chi connectivity index (χ1) is 3.70. The van der Waals surface area contributed by atoms with Gasteiger partial charge in [-0.1, -0.05) is 0 Å². The van der Waals surface area contributed by atoms with Gasteiger partial charge in [-0.2, -0.15) is 0 Å². The molecule has 1 rings (SSSR count). The van der Waals surface area contributed by atoms with Crippen LogP contribution in [0.1, 0.15) is 13.3 Å². The molecule has 0 unspecified atom stereocenters. The summed E-state index contributed by atoms with van der Waals surface area (Å²) in [6, 6.07) is 0.449. The van der Waals surface area contributed by atoms with Crippen molar-refractivity contribution in [1.82, 2.24) is 4.90 Å². The molecule has 0 N–H and O–H groups in total. The molecule has 0 radical (unpaired) electrons. The van der Waals surface area contributed by atoms with Crippen molar-refractivity contribution in [3.63, 3.8) is 0 Å². The Bertz CT molecular complexity index is 74.6. The van der Waals surface area contributed by atoms with Crippen LogP contribution < -0.4 is 0 Å². The summed E-state index contributed by atoms with van der Waals surface area (Å²) >= 11 is 0. The molecule has 1 fully saturated rings. The second-order valence-electron chi connectivity index (χ2n) is 2.62. The molecule has 1 nitrogen and oxygen atoms in total. The van der Waals surface area contributed by atoms with Gasteiger partial charge in [-0.15, -0.1) is 0 Å². The molecule has 0 aromatic heterocycles. The highest BCUT2D eigenvalue weighted by Gasteiger charge is 2.24. The van der Waals surface area contributed by atoms with E-state index in [1.807, 2.05) is 11.9 Å². The number of alkyl halides is 1. The van der Waals surface area contributed by atoms with Crippen molar-refractivity contribution in [2.45, 2.75) is 25.6 Å². The molecular weight excluding hydrogens is 105 g/mol. The van der Waals surface area contributed by atoms with Crippen LogP contribution in [0, 0.1) is 0 Å². The van der Waals surface area contributed by atoms with Gasteiger partial charge in [0.2, 0.25) is 0 Å². The maximum absolute atomic E-state index is 12.4. The zero-order chi connectivity index (χ0) is 6.15. The summed E-state index contributed by atoms with van der Waals surface area (Å²) in [7, 11) is 1.96. The van der Waals surface area contributed by atoms with Crippen LogP contribution in [-0.4, -0.2) is 30.7 Å².